The van der Waals surface area contributed by atoms with E-state index in [1.165, 1.54) is 12.1 Å². The smallest absolute Gasteiger partial charge is 0.368 e. The van der Waals surface area contributed by atoms with Crippen LogP contribution < -0.4 is 11.1 Å². The molecule has 0 spiro atoms. The summed E-state index contributed by atoms with van der Waals surface area (Å²) in [7, 11) is 0. The molecule has 0 unspecified atom stereocenters. The molecule has 1 aliphatic rings. The van der Waals surface area contributed by atoms with Gasteiger partial charge in [-0.2, -0.15) is 23.1 Å². The van der Waals surface area contributed by atoms with Gasteiger partial charge in [0.2, 0.25) is 5.95 Å². The van der Waals surface area contributed by atoms with Crippen LogP contribution in [0.4, 0.5) is 30.6 Å². The van der Waals surface area contributed by atoms with Gasteiger partial charge in [-0.3, -0.25) is 4.57 Å². The summed E-state index contributed by atoms with van der Waals surface area (Å²) in [5.41, 5.74) is 7.48. The molecule has 3 N–H and O–H groups in total. The maximum absolute atomic E-state index is 12.8. The number of alkyl halides is 3. The summed E-state index contributed by atoms with van der Waals surface area (Å²) < 4.78 is 40.3. The molecule has 6 nitrogen and oxygen atoms in total. The van der Waals surface area contributed by atoms with Crippen LogP contribution in [0.15, 0.2) is 54.6 Å². The number of nitrogen functional groups attached to an aromatic ring is 1. The normalized spacial score (nSPS) is 14.2. The van der Waals surface area contributed by atoms with Gasteiger partial charge in [-0.05, 0) is 49.2 Å². The van der Waals surface area contributed by atoms with Gasteiger partial charge in [0.1, 0.15) is 17.5 Å². The van der Waals surface area contributed by atoms with Gasteiger partial charge < -0.3 is 11.1 Å². The third kappa shape index (κ3) is 3.42. The highest BCUT2D eigenvalue weighted by Gasteiger charge is 2.31. The minimum Gasteiger partial charge on any atom is -0.368 e. The number of nitrogens with one attached hydrogen (secondary N) is 1. The first kappa shape index (κ1) is 18.4. The Kier molecular flexibility index (Phi) is 4.12. The molecule has 5 rings (SSSR count). The molecule has 2 aromatic heterocycles. The Morgan fingerprint density at radius 3 is 2.40 bits per heavy atom. The number of para-hydroxylation sites is 2. The van der Waals surface area contributed by atoms with E-state index in [0.717, 1.165) is 41.8 Å². The Morgan fingerprint density at radius 1 is 0.967 bits per heavy atom. The monoisotopic (exact) mass is 410 g/mol. The van der Waals surface area contributed by atoms with Crippen LogP contribution in [0, 0.1) is 0 Å². The Morgan fingerprint density at radius 2 is 1.70 bits per heavy atom. The molecule has 0 bridgehead atoms. The van der Waals surface area contributed by atoms with E-state index < -0.39 is 11.7 Å². The van der Waals surface area contributed by atoms with Gasteiger partial charge in [0.25, 0.3) is 0 Å². The predicted molar refractivity (Wildman–Crippen MR) is 108 cm³/mol. The van der Waals surface area contributed by atoms with Crippen LogP contribution in [0.2, 0.25) is 0 Å². The van der Waals surface area contributed by atoms with E-state index in [2.05, 4.69) is 15.3 Å². The zero-order valence-electron chi connectivity index (χ0n) is 15.7. The van der Waals surface area contributed by atoms with Crippen molar-refractivity contribution in [2.75, 3.05) is 11.1 Å². The lowest BCUT2D eigenvalue weighted by Crippen LogP contribution is -2.08. The standard InChI is InChI=1S/C21H17F3N6/c22-21(23,24)13-7-9-14(10-8-13)26-17-11-18(29-20(25)28-17)30-16-4-2-1-3-15(16)27-19(30)12-5-6-12/h1-4,7-12H,5-6H2,(H3,25,26,28,29). The number of nitrogens with zero attached hydrogens (tertiary/aromatic N) is 4. The van der Waals surface area contributed by atoms with Crippen LogP contribution in [0.3, 0.4) is 0 Å². The van der Waals surface area contributed by atoms with Crippen molar-refractivity contribution in [3.63, 3.8) is 0 Å². The van der Waals surface area contributed by atoms with E-state index in [-0.39, 0.29) is 5.95 Å². The lowest BCUT2D eigenvalue weighted by molar-refractivity contribution is -0.137. The van der Waals surface area contributed by atoms with Crippen LogP contribution in [0.25, 0.3) is 16.9 Å². The average Bonchev–Trinajstić information content (AvgIpc) is 3.47. The summed E-state index contributed by atoms with van der Waals surface area (Å²) in [6.07, 6.45) is -2.24. The number of hydrogen-bond acceptors (Lipinski definition) is 5. The van der Waals surface area contributed by atoms with Crippen molar-refractivity contribution in [3.8, 4) is 5.82 Å². The Balaban J connectivity index is 1.53. The predicted octanol–water partition coefficient (Wildman–Crippen LogP) is 5.04. The molecule has 0 amide bonds. The van der Waals surface area contributed by atoms with E-state index in [1.807, 2.05) is 28.8 Å². The second-order valence-corrected chi connectivity index (χ2v) is 7.24. The van der Waals surface area contributed by atoms with Gasteiger partial charge in [0.05, 0.1) is 16.6 Å². The minimum atomic E-state index is -4.38. The summed E-state index contributed by atoms with van der Waals surface area (Å²) in [6.45, 7) is 0. The molecule has 1 fully saturated rings. The molecule has 1 saturated carbocycles. The van der Waals surface area contributed by atoms with E-state index in [4.69, 9.17) is 10.7 Å². The molecule has 0 aliphatic heterocycles. The van der Waals surface area contributed by atoms with Crippen LogP contribution in [-0.4, -0.2) is 19.5 Å². The number of rotatable bonds is 4. The molecule has 0 atom stereocenters. The summed E-state index contributed by atoms with van der Waals surface area (Å²) in [6, 6.07) is 14.2. The van der Waals surface area contributed by atoms with Crippen LogP contribution in [0.1, 0.15) is 30.1 Å². The summed E-state index contributed by atoms with van der Waals surface area (Å²) in [4.78, 5) is 13.3. The zero-order valence-corrected chi connectivity index (χ0v) is 15.7. The molecule has 9 heteroatoms. The Bertz CT molecular complexity index is 1230. The number of halogens is 3. The molecular weight excluding hydrogens is 393 g/mol. The molecule has 2 aromatic carbocycles. The van der Waals surface area contributed by atoms with E-state index in [9.17, 15) is 13.2 Å². The second-order valence-electron chi connectivity index (χ2n) is 7.24. The van der Waals surface area contributed by atoms with Crippen molar-refractivity contribution < 1.29 is 13.2 Å². The fourth-order valence-electron chi connectivity index (χ4n) is 3.42. The molecular formula is C21H17F3N6. The van der Waals surface area contributed by atoms with Crippen LogP contribution in [-0.2, 0) is 6.18 Å². The number of hydrogen-bond donors (Lipinski definition) is 2. The molecule has 2 heterocycles. The number of benzene rings is 2. The molecule has 1 aliphatic carbocycles. The first-order valence-electron chi connectivity index (χ1n) is 9.45. The quantitative estimate of drug-likeness (QED) is 0.493. The Hall–Kier alpha value is -3.62. The van der Waals surface area contributed by atoms with E-state index in [1.54, 1.807) is 6.07 Å². The van der Waals surface area contributed by atoms with Gasteiger partial charge in [-0.25, -0.2) is 4.98 Å². The highest BCUT2D eigenvalue weighted by atomic mass is 19.4. The van der Waals surface area contributed by atoms with Crippen molar-refractivity contribution in [2.45, 2.75) is 24.9 Å². The van der Waals surface area contributed by atoms with Crippen molar-refractivity contribution >= 4 is 28.5 Å². The molecule has 0 saturated heterocycles. The van der Waals surface area contributed by atoms with Gasteiger partial charge in [-0.1, -0.05) is 12.1 Å². The van der Waals surface area contributed by atoms with Crippen molar-refractivity contribution in [2.24, 2.45) is 0 Å². The largest absolute Gasteiger partial charge is 0.416 e. The number of aromatic nitrogens is 4. The number of nitrogens with two attached hydrogens (primary N) is 1. The summed E-state index contributed by atoms with van der Waals surface area (Å²) in [5.74, 6) is 2.31. The third-order valence-electron chi connectivity index (χ3n) is 4.97. The molecule has 152 valence electrons. The molecule has 30 heavy (non-hydrogen) atoms. The van der Waals surface area contributed by atoms with Crippen LogP contribution in [0.5, 0.6) is 0 Å². The fourth-order valence-corrected chi connectivity index (χ4v) is 3.42. The van der Waals surface area contributed by atoms with Gasteiger partial charge in [-0.15, -0.1) is 0 Å². The van der Waals surface area contributed by atoms with Crippen molar-refractivity contribution in [1.29, 1.82) is 0 Å². The molecule has 4 aromatic rings. The SMILES string of the molecule is Nc1nc(Nc2ccc(C(F)(F)F)cc2)cc(-n2c(C3CC3)nc3ccccc32)n1. The number of fused-ring (bicyclic) bond motifs is 1. The highest BCUT2D eigenvalue weighted by Crippen LogP contribution is 2.41. The third-order valence-corrected chi connectivity index (χ3v) is 4.97. The highest BCUT2D eigenvalue weighted by molar-refractivity contribution is 5.78. The number of imidazole rings is 1. The summed E-state index contributed by atoms with van der Waals surface area (Å²) in [5, 5.41) is 3.01. The average molecular weight is 410 g/mol. The van der Waals surface area contributed by atoms with Crippen molar-refractivity contribution in [1.82, 2.24) is 19.5 Å². The maximum Gasteiger partial charge on any atom is 0.416 e. The second kappa shape index (κ2) is 6.72. The fraction of sp³-hybridized carbons (Fsp3) is 0.190. The molecule has 0 radical (unpaired) electrons. The maximum atomic E-state index is 12.8. The minimum absolute atomic E-state index is 0.0569. The van der Waals surface area contributed by atoms with E-state index in [0.29, 0.717) is 23.2 Å². The summed E-state index contributed by atoms with van der Waals surface area (Å²) >= 11 is 0. The Labute approximate surface area is 169 Å². The van der Waals surface area contributed by atoms with E-state index >= 15 is 0 Å². The lowest BCUT2D eigenvalue weighted by atomic mass is 10.2. The zero-order chi connectivity index (χ0) is 20.9. The number of anilines is 3. The van der Waals surface area contributed by atoms with Gasteiger partial charge in [0.15, 0.2) is 0 Å². The lowest BCUT2D eigenvalue weighted by Gasteiger charge is -2.12. The first-order valence-corrected chi connectivity index (χ1v) is 9.45. The first-order chi connectivity index (χ1) is 14.4. The van der Waals surface area contributed by atoms with Crippen LogP contribution >= 0.6 is 0 Å². The topological polar surface area (TPSA) is 81.6 Å². The van der Waals surface area contributed by atoms with Gasteiger partial charge in [0, 0.05) is 17.7 Å². The van der Waals surface area contributed by atoms with Crippen molar-refractivity contribution in [3.05, 3.63) is 66.0 Å². The van der Waals surface area contributed by atoms with Gasteiger partial charge >= 0.3 is 6.18 Å².